The van der Waals surface area contributed by atoms with Crippen molar-refractivity contribution in [3.8, 4) is 0 Å². The highest BCUT2D eigenvalue weighted by atomic mass is 35.5. The van der Waals surface area contributed by atoms with E-state index in [1.807, 2.05) is 19.1 Å². The molecule has 9 heteroatoms. The van der Waals surface area contributed by atoms with Crippen molar-refractivity contribution >= 4 is 40.7 Å². The number of tetrazole rings is 1. The molecule has 2 rings (SSSR count). The van der Waals surface area contributed by atoms with Crippen LogP contribution in [-0.4, -0.2) is 37.0 Å². The van der Waals surface area contributed by atoms with Crippen molar-refractivity contribution in [2.45, 2.75) is 18.1 Å². The number of carboxylic acids is 1. The summed E-state index contributed by atoms with van der Waals surface area (Å²) in [6, 6.07) is 3.64. The van der Waals surface area contributed by atoms with Gasteiger partial charge in [0.25, 0.3) is 0 Å². The number of aliphatic carboxylic acids is 1. The Balaban J connectivity index is 2.17. The van der Waals surface area contributed by atoms with Gasteiger partial charge in [-0.2, -0.15) is 0 Å². The van der Waals surface area contributed by atoms with E-state index in [2.05, 4.69) is 15.5 Å². The molecule has 0 spiro atoms. The Morgan fingerprint density at radius 3 is 3.06 bits per heavy atom. The van der Waals surface area contributed by atoms with Gasteiger partial charge in [0.2, 0.25) is 5.16 Å². The van der Waals surface area contributed by atoms with Crippen LogP contribution in [0.4, 0.5) is 0 Å². The highest BCUT2D eigenvalue weighted by molar-refractivity contribution is 7.99. The van der Waals surface area contributed by atoms with Crippen LogP contribution in [0.2, 0.25) is 4.34 Å². The monoisotopic (exact) mass is 304 g/mol. The lowest BCUT2D eigenvalue weighted by atomic mass is 10.3. The van der Waals surface area contributed by atoms with Crippen LogP contribution in [0.15, 0.2) is 17.3 Å². The largest absolute Gasteiger partial charge is 0.481 e. The number of halogens is 1. The van der Waals surface area contributed by atoms with Gasteiger partial charge in [0, 0.05) is 4.88 Å². The number of hydrogen-bond donors (Lipinski definition) is 1. The van der Waals surface area contributed by atoms with Crippen molar-refractivity contribution in [3.05, 3.63) is 21.3 Å². The number of hydrogen-bond acceptors (Lipinski definition) is 6. The molecule has 0 radical (unpaired) electrons. The fourth-order valence-electron chi connectivity index (χ4n) is 1.32. The lowest BCUT2D eigenvalue weighted by Crippen LogP contribution is -2.10. The first-order chi connectivity index (χ1) is 8.58. The topological polar surface area (TPSA) is 80.9 Å². The quantitative estimate of drug-likeness (QED) is 0.853. The Kier molecular flexibility index (Phi) is 4.20. The summed E-state index contributed by atoms with van der Waals surface area (Å²) in [6.07, 6.45) is 0. The van der Waals surface area contributed by atoms with E-state index in [0.717, 1.165) is 16.6 Å². The van der Waals surface area contributed by atoms with E-state index in [4.69, 9.17) is 16.7 Å². The Bertz CT molecular complexity index is 556. The molecule has 1 unspecified atom stereocenters. The lowest BCUT2D eigenvalue weighted by molar-refractivity contribution is -0.133. The second kappa shape index (κ2) is 5.68. The van der Waals surface area contributed by atoms with Crippen molar-refractivity contribution in [2.24, 2.45) is 0 Å². The molecule has 1 N–H and O–H groups in total. The third-order valence-corrected chi connectivity index (χ3v) is 4.48. The second-order valence-electron chi connectivity index (χ2n) is 3.41. The van der Waals surface area contributed by atoms with Crippen LogP contribution < -0.4 is 0 Å². The van der Waals surface area contributed by atoms with Crippen molar-refractivity contribution < 1.29 is 9.90 Å². The Labute approximate surface area is 116 Å². The van der Waals surface area contributed by atoms with Gasteiger partial charge in [-0.15, -0.1) is 16.4 Å². The summed E-state index contributed by atoms with van der Waals surface area (Å²) in [5, 5.41) is 20.4. The van der Waals surface area contributed by atoms with E-state index in [1.165, 1.54) is 11.3 Å². The first-order valence-corrected chi connectivity index (χ1v) is 7.13. The van der Waals surface area contributed by atoms with Crippen LogP contribution in [0.5, 0.6) is 0 Å². The van der Waals surface area contributed by atoms with E-state index >= 15 is 0 Å². The minimum atomic E-state index is -0.902. The van der Waals surface area contributed by atoms with Gasteiger partial charge in [-0.3, -0.25) is 4.79 Å². The molecule has 1 atom stereocenters. The van der Waals surface area contributed by atoms with Gasteiger partial charge in [0.1, 0.15) is 0 Å². The summed E-state index contributed by atoms with van der Waals surface area (Å²) in [7, 11) is 0. The molecule has 0 saturated carbocycles. The number of thiophene rings is 1. The van der Waals surface area contributed by atoms with Crippen LogP contribution in [0.3, 0.4) is 0 Å². The van der Waals surface area contributed by atoms with Crippen LogP contribution in [0, 0.1) is 0 Å². The molecule has 2 heterocycles. The standard InChI is InChI=1S/C9H9ClN4O2S2/c1-5(6-2-3-7(10)18-6)14-9(11-12-13-14)17-4-8(15)16/h2-3,5H,4H2,1H3,(H,15,16). The second-order valence-corrected chi connectivity index (χ2v) is 6.10. The van der Waals surface area contributed by atoms with Gasteiger partial charge in [-0.05, 0) is 29.5 Å². The summed E-state index contributed by atoms with van der Waals surface area (Å²) in [5.74, 6) is -0.973. The fraction of sp³-hybridized carbons (Fsp3) is 0.333. The maximum atomic E-state index is 10.5. The number of aromatic nitrogens is 4. The van der Waals surface area contributed by atoms with Gasteiger partial charge in [0.05, 0.1) is 16.1 Å². The maximum Gasteiger partial charge on any atom is 0.313 e. The molecule has 0 aliphatic heterocycles. The van der Waals surface area contributed by atoms with Crippen molar-refractivity contribution in [3.63, 3.8) is 0 Å². The molecule has 6 nitrogen and oxygen atoms in total. The SMILES string of the molecule is CC(c1ccc(Cl)s1)n1nnnc1SCC(=O)O. The third kappa shape index (κ3) is 3.01. The minimum absolute atomic E-state index is 0.0711. The van der Waals surface area contributed by atoms with E-state index in [9.17, 15) is 4.79 Å². The molecule has 0 bridgehead atoms. The molecule has 0 fully saturated rings. The van der Waals surface area contributed by atoms with Crippen molar-refractivity contribution in [1.29, 1.82) is 0 Å². The normalized spacial score (nSPS) is 12.6. The minimum Gasteiger partial charge on any atom is -0.481 e. The predicted octanol–water partition coefficient (Wildman–Crippen LogP) is 2.17. The van der Waals surface area contributed by atoms with E-state index in [0.29, 0.717) is 9.49 Å². The third-order valence-electron chi connectivity index (χ3n) is 2.16. The Hall–Kier alpha value is -1.12. The summed E-state index contributed by atoms with van der Waals surface area (Å²) >= 11 is 8.42. The molecule has 0 amide bonds. The Morgan fingerprint density at radius 1 is 1.67 bits per heavy atom. The number of rotatable bonds is 5. The molecule has 96 valence electrons. The van der Waals surface area contributed by atoms with Crippen LogP contribution in [0.1, 0.15) is 17.8 Å². The van der Waals surface area contributed by atoms with E-state index < -0.39 is 5.97 Å². The molecule has 2 aromatic heterocycles. The summed E-state index contributed by atoms with van der Waals surface area (Å²) in [5.41, 5.74) is 0. The molecule has 0 aromatic carbocycles. The smallest absolute Gasteiger partial charge is 0.313 e. The molecule has 18 heavy (non-hydrogen) atoms. The van der Waals surface area contributed by atoms with Gasteiger partial charge in [-0.25, -0.2) is 4.68 Å². The van der Waals surface area contributed by atoms with Crippen LogP contribution in [0.25, 0.3) is 0 Å². The van der Waals surface area contributed by atoms with E-state index in [1.54, 1.807) is 4.68 Å². The summed E-state index contributed by atoms with van der Waals surface area (Å²) < 4.78 is 2.29. The summed E-state index contributed by atoms with van der Waals surface area (Å²) in [4.78, 5) is 11.6. The molecule has 0 saturated heterocycles. The molecule has 0 aliphatic carbocycles. The van der Waals surface area contributed by atoms with Gasteiger partial charge in [-0.1, -0.05) is 23.4 Å². The average molecular weight is 305 g/mol. The molecular weight excluding hydrogens is 296 g/mol. The van der Waals surface area contributed by atoms with Crippen molar-refractivity contribution in [2.75, 3.05) is 5.75 Å². The average Bonchev–Trinajstić information content (AvgIpc) is 2.93. The van der Waals surface area contributed by atoms with Crippen LogP contribution in [-0.2, 0) is 4.79 Å². The van der Waals surface area contributed by atoms with Gasteiger partial charge in [0.15, 0.2) is 0 Å². The first kappa shape index (κ1) is 13.3. The fourth-order valence-corrected chi connectivity index (χ4v) is 3.09. The Morgan fingerprint density at radius 2 is 2.44 bits per heavy atom. The molecular formula is C9H9ClN4O2S2. The summed E-state index contributed by atoms with van der Waals surface area (Å²) in [6.45, 7) is 1.93. The number of carbonyl (C=O) groups is 1. The zero-order valence-corrected chi connectivity index (χ0v) is 11.7. The highest BCUT2D eigenvalue weighted by Crippen LogP contribution is 2.30. The first-order valence-electron chi connectivity index (χ1n) is 4.95. The predicted molar refractivity (Wildman–Crippen MR) is 69.3 cm³/mol. The maximum absolute atomic E-state index is 10.5. The molecule has 0 aliphatic rings. The van der Waals surface area contributed by atoms with Crippen LogP contribution >= 0.6 is 34.7 Å². The highest BCUT2D eigenvalue weighted by Gasteiger charge is 2.17. The zero-order valence-electron chi connectivity index (χ0n) is 9.28. The molecule has 2 aromatic rings. The lowest BCUT2D eigenvalue weighted by Gasteiger charge is -2.10. The number of carboxylic acid groups (broad SMARTS) is 1. The van der Waals surface area contributed by atoms with E-state index in [-0.39, 0.29) is 11.8 Å². The van der Waals surface area contributed by atoms with Crippen molar-refractivity contribution in [1.82, 2.24) is 20.2 Å². The zero-order chi connectivity index (χ0) is 13.1. The van der Waals surface area contributed by atoms with Gasteiger partial charge < -0.3 is 5.11 Å². The number of thioether (sulfide) groups is 1. The number of nitrogens with zero attached hydrogens (tertiary/aromatic N) is 4. The van der Waals surface area contributed by atoms with Gasteiger partial charge >= 0.3 is 5.97 Å².